The third-order valence-electron chi connectivity index (χ3n) is 4.81. The lowest BCUT2D eigenvalue weighted by molar-refractivity contribution is -0.132. The van der Waals surface area contributed by atoms with Gasteiger partial charge in [-0.05, 0) is 31.4 Å². The van der Waals surface area contributed by atoms with Crippen molar-refractivity contribution in [2.75, 3.05) is 38.2 Å². The van der Waals surface area contributed by atoms with Gasteiger partial charge in [0, 0.05) is 45.0 Å². The Hall–Kier alpha value is -1.59. The molecule has 5 nitrogen and oxygen atoms in total. The van der Waals surface area contributed by atoms with E-state index < -0.39 is 0 Å². The van der Waals surface area contributed by atoms with Crippen LogP contribution in [0.4, 0.5) is 5.69 Å². The molecule has 0 saturated carbocycles. The Labute approximate surface area is 138 Å². The summed E-state index contributed by atoms with van der Waals surface area (Å²) in [5, 5.41) is 3.27. The van der Waals surface area contributed by atoms with Crippen molar-refractivity contribution in [3.05, 3.63) is 29.8 Å². The molecule has 0 spiro atoms. The van der Waals surface area contributed by atoms with Crippen LogP contribution in [0.3, 0.4) is 0 Å². The number of nitrogens with one attached hydrogen (secondary N) is 1. The molecule has 1 saturated heterocycles. The number of rotatable bonds is 4. The van der Waals surface area contributed by atoms with E-state index in [0.29, 0.717) is 13.1 Å². The lowest BCUT2D eigenvalue weighted by Crippen LogP contribution is -2.46. The zero-order valence-corrected chi connectivity index (χ0v) is 14.1. The Balaban J connectivity index is 1.60. The number of hydrogen-bond acceptors (Lipinski definition) is 4. The molecule has 1 amide bonds. The second kappa shape index (κ2) is 7.32. The van der Waals surface area contributed by atoms with Crippen molar-refractivity contribution in [3.8, 4) is 0 Å². The number of benzene rings is 1. The van der Waals surface area contributed by atoms with Gasteiger partial charge in [-0.2, -0.15) is 0 Å². The minimum atomic E-state index is 0.167. The van der Waals surface area contributed by atoms with Gasteiger partial charge in [-0.1, -0.05) is 18.2 Å². The van der Waals surface area contributed by atoms with E-state index in [1.807, 2.05) is 11.0 Å². The van der Waals surface area contributed by atoms with E-state index in [9.17, 15) is 4.79 Å². The van der Waals surface area contributed by atoms with Gasteiger partial charge in [0.25, 0.3) is 0 Å². The Kier molecular flexibility index (Phi) is 5.18. The van der Waals surface area contributed by atoms with Gasteiger partial charge in [-0.3, -0.25) is 4.79 Å². The Bertz CT molecular complexity index is 543. The lowest BCUT2D eigenvalue weighted by Gasteiger charge is -2.29. The first-order chi connectivity index (χ1) is 11.1. The lowest BCUT2D eigenvalue weighted by atomic mass is 10.1. The zero-order valence-electron chi connectivity index (χ0n) is 14.1. The number of fused-ring (bicyclic) bond motifs is 1. The minimum absolute atomic E-state index is 0.167. The van der Waals surface area contributed by atoms with E-state index in [0.717, 1.165) is 32.5 Å². The van der Waals surface area contributed by atoms with Gasteiger partial charge in [0.1, 0.15) is 0 Å². The third kappa shape index (κ3) is 3.85. The van der Waals surface area contributed by atoms with Crippen LogP contribution in [0, 0.1) is 0 Å². The molecule has 0 radical (unpaired) electrons. The summed E-state index contributed by atoms with van der Waals surface area (Å²) < 4.78 is 5.59. The van der Waals surface area contributed by atoms with E-state index >= 15 is 0 Å². The minimum Gasteiger partial charge on any atom is -0.377 e. The van der Waals surface area contributed by atoms with Crippen LogP contribution < -0.4 is 10.2 Å². The van der Waals surface area contributed by atoms with Gasteiger partial charge >= 0.3 is 0 Å². The highest BCUT2D eigenvalue weighted by Crippen LogP contribution is 2.25. The topological polar surface area (TPSA) is 44.8 Å². The van der Waals surface area contributed by atoms with Gasteiger partial charge in [0.15, 0.2) is 0 Å². The van der Waals surface area contributed by atoms with Gasteiger partial charge in [-0.25, -0.2) is 0 Å². The average molecular weight is 317 g/mol. The molecular formula is C18H27N3O2. The molecule has 2 heterocycles. The molecule has 1 N–H and O–H groups in total. The highest BCUT2D eigenvalue weighted by atomic mass is 16.5. The van der Waals surface area contributed by atoms with Crippen molar-refractivity contribution in [1.29, 1.82) is 0 Å². The Morgan fingerprint density at radius 1 is 1.39 bits per heavy atom. The largest absolute Gasteiger partial charge is 0.377 e. The Morgan fingerprint density at radius 3 is 3.00 bits per heavy atom. The summed E-state index contributed by atoms with van der Waals surface area (Å²) in [7, 11) is 2.10. The molecule has 126 valence electrons. The monoisotopic (exact) mass is 317 g/mol. The van der Waals surface area contributed by atoms with Crippen LogP contribution >= 0.6 is 0 Å². The fourth-order valence-electron chi connectivity index (χ4n) is 3.53. The van der Waals surface area contributed by atoms with Crippen LogP contribution in [0.15, 0.2) is 24.3 Å². The average Bonchev–Trinajstić information content (AvgIpc) is 3.01. The van der Waals surface area contributed by atoms with Crippen LogP contribution in [0.25, 0.3) is 0 Å². The van der Waals surface area contributed by atoms with Gasteiger partial charge in [0.2, 0.25) is 5.91 Å². The SMILES string of the molecule is C[C@@H]1CN(C)c2ccccc2CN1C(=O)CNC[C@@H]1CCCO1. The molecule has 2 aliphatic rings. The number of para-hydroxylation sites is 1. The number of likely N-dealkylation sites (N-methyl/N-ethyl adjacent to an activating group) is 1. The normalized spacial score (nSPS) is 24.4. The number of nitrogens with zero attached hydrogens (tertiary/aromatic N) is 2. The second-order valence-electron chi connectivity index (χ2n) is 6.65. The van der Waals surface area contributed by atoms with Gasteiger partial charge in [-0.15, -0.1) is 0 Å². The van der Waals surface area contributed by atoms with Crippen molar-refractivity contribution in [3.63, 3.8) is 0 Å². The number of amides is 1. The maximum Gasteiger partial charge on any atom is 0.237 e. The predicted octanol–water partition coefficient (Wildman–Crippen LogP) is 1.62. The van der Waals surface area contributed by atoms with Crippen LogP contribution in [-0.4, -0.2) is 56.2 Å². The first-order valence-electron chi connectivity index (χ1n) is 8.56. The van der Waals surface area contributed by atoms with Crippen molar-refractivity contribution < 1.29 is 9.53 Å². The standard InChI is InChI=1S/C18H27N3O2/c1-14-12-20(2)17-8-4-3-6-15(17)13-21(14)18(22)11-19-10-16-7-5-9-23-16/h3-4,6,8,14,16,19H,5,7,9-13H2,1-2H3/t14-,16+/m1/s1. The smallest absolute Gasteiger partial charge is 0.237 e. The number of anilines is 1. The number of hydrogen-bond donors (Lipinski definition) is 1. The van der Waals surface area contributed by atoms with Gasteiger partial charge < -0.3 is 19.9 Å². The summed E-state index contributed by atoms with van der Waals surface area (Å²) in [6.45, 7) is 5.67. The number of carbonyl (C=O) groups is 1. The molecule has 1 fully saturated rings. The van der Waals surface area contributed by atoms with Crippen LogP contribution in [-0.2, 0) is 16.1 Å². The highest BCUT2D eigenvalue weighted by molar-refractivity contribution is 5.79. The maximum atomic E-state index is 12.7. The van der Waals surface area contributed by atoms with Gasteiger partial charge in [0.05, 0.1) is 12.6 Å². The molecule has 23 heavy (non-hydrogen) atoms. The van der Waals surface area contributed by atoms with Crippen molar-refractivity contribution in [2.45, 2.75) is 38.5 Å². The zero-order chi connectivity index (χ0) is 16.2. The predicted molar refractivity (Wildman–Crippen MR) is 91.6 cm³/mol. The summed E-state index contributed by atoms with van der Waals surface area (Å²) in [5.74, 6) is 0.167. The third-order valence-corrected chi connectivity index (χ3v) is 4.81. The summed E-state index contributed by atoms with van der Waals surface area (Å²) in [6.07, 6.45) is 2.50. The molecular weight excluding hydrogens is 290 g/mol. The summed E-state index contributed by atoms with van der Waals surface area (Å²) in [4.78, 5) is 16.9. The van der Waals surface area contributed by atoms with E-state index in [2.05, 4.69) is 42.4 Å². The molecule has 0 bridgehead atoms. The van der Waals surface area contributed by atoms with E-state index in [4.69, 9.17) is 4.74 Å². The van der Waals surface area contributed by atoms with Crippen LogP contribution in [0.1, 0.15) is 25.3 Å². The maximum absolute atomic E-state index is 12.7. The first kappa shape index (κ1) is 16.3. The fraction of sp³-hybridized carbons (Fsp3) is 0.611. The van der Waals surface area contributed by atoms with E-state index in [-0.39, 0.29) is 18.1 Å². The molecule has 0 aliphatic carbocycles. The number of ether oxygens (including phenoxy) is 1. The molecule has 0 aromatic heterocycles. The first-order valence-corrected chi connectivity index (χ1v) is 8.56. The fourth-order valence-corrected chi connectivity index (χ4v) is 3.53. The molecule has 3 rings (SSSR count). The van der Waals surface area contributed by atoms with E-state index in [1.54, 1.807) is 0 Å². The summed E-state index contributed by atoms with van der Waals surface area (Å²) in [6, 6.07) is 8.54. The molecule has 5 heteroatoms. The van der Waals surface area contributed by atoms with E-state index in [1.165, 1.54) is 11.3 Å². The molecule has 1 aromatic rings. The quantitative estimate of drug-likeness (QED) is 0.917. The molecule has 1 aromatic carbocycles. The highest BCUT2D eigenvalue weighted by Gasteiger charge is 2.26. The molecule has 0 unspecified atom stereocenters. The van der Waals surface area contributed by atoms with Crippen molar-refractivity contribution in [1.82, 2.24) is 10.2 Å². The summed E-state index contributed by atoms with van der Waals surface area (Å²) in [5.41, 5.74) is 2.44. The summed E-state index contributed by atoms with van der Waals surface area (Å²) >= 11 is 0. The van der Waals surface area contributed by atoms with Crippen LogP contribution in [0.2, 0.25) is 0 Å². The second-order valence-corrected chi connectivity index (χ2v) is 6.65. The Morgan fingerprint density at radius 2 is 2.22 bits per heavy atom. The van der Waals surface area contributed by atoms with Crippen LogP contribution in [0.5, 0.6) is 0 Å². The number of carbonyl (C=O) groups excluding carboxylic acids is 1. The van der Waals surface area contributed by atoms with Crippen molar-refractivity contribution >= 4 is 11.6 Å². The van der Waals surface area contributed by atoms with Crippen molar-refractivity contribution in [2.24, 2.45) is 0 Å². The molecule has 2 atom stereocenters. The molecule has 2 aliphatic heterocycles.